The minimum absolute atomic E-state index is 0.0424. The molecule has 3 atom stereocenters. The molecule has 0 unspecified atom stereocenters. The second kappa shape index (κ2) is 6.02. The highest BCUT2D eigenvalue weighted by Gasteiger charge is 2.41. The molecular weight excluding hydrogens is 200 g/mol. The highest BCUT2D eigenvalue weighted by atomic mass is 16.7. The lowest BCUT2D eigenvalue weighted by Gasteiger charge is -2.46. The van der Waals surface area contributed by atoms with Crippen molar-refractivity contribution in [2.45, 2.75) is 85.2 Å². The Balaban J connectivity index is 2.42. The lowest BCUT2D eigenvalue weighted by molar-refractivity contribution is -0.283. The normalized spacial score (nSPS) is 33.9. The summed E-state index contributed by atoms with van der Waals surface area (Å²) in [4.78, 5) is 0. The Morgan fingerprint density at radius 1 is 1.00 bits per heavy atom. The van der Waals surface area contributed by atoms with Gasteiger partial charge in [0.05, 0.1) is 12.2 Å². The summed E-state index contributed by atoms with van der Waals surface area (Å²) in [6, 6.07) is 0. The average Bonchev–Trinajstić information content (AvgIpc) is 2.20. The molecule has 2 heteroatoms. The molecule has 1 fully saturated rings. The van der Waals surface area contributed by atoms with Gasteiger partial charge in [0.1, 0.15) is 0 Å². The van der Waals surface area contributed by atoms with E-state index in [-0.39, 0.29) is 17.8 Å². The zero-order chi connectivity index (χ0) is 12.2. The highest BCUT2D eigenvalue weighted by molar-refractivity contribution is 4.87. The van der Waals surface area contributed by atoms with Crippen LogP contribution in [-0.4, -0.2) is 18.5 Å². The molecule has 1 saturated heterocycles. The Morgan fingerprint density at radius 3 is 2.31 bits per heavy atom. The van der Waals surface area contributed by atoms with Crippen molar-refractivity contribution in [2.75, 3.05) is 0 Å². The van der Waals surface area contributed by atoms with Crippen molar-refractivity contribution in [2.24, 2.45) is 5.41 Å². The molecule has 0 N–H and O–H groups in total. The number of ether oxygens (including phenoxy) is 2. The third-order valence-electron chi connectivity index (χ3n) is 3.95. The van der Waals surface area contributed by atoms with E-state index >= 15 is 0 Å². The fourth-order valence-corrected chi connectivity index (χ4v) is 2.36. The molecule has 0 spiro atoms. The van der Waals surface area contributed by atoms with Crippen molar-refractivity contribution < 1.29 is 9.47 Å². The summed E-state index contributed by atoms with van der Waals surface area (Å²) in [5.74, 6) is 0. The van der Waals surface area contributed by atoms with Crippen LogP contribution < -0.4 is 0 Å². The number of hydrogen-bond acceptors (Lipinski definition) is 2. The van der Waals surface area contributed by atoms with Gasteiger partial charge in [-0.3, -0.25) is 0 Å². The van der Waals surface area contributed by atoms with E-state index in [1.54, 1.807) is 0 Å². The molecule has 0 saturated carbocycles. The average molecular weight is 228 g/mol. The quantitative estimate of drug-likeness (QED) is 0.659. The largest absolute Gasteiger partial charge is 0.349 e. The Morgan fingerprint density at radius 2 is 1.69 bits per heavy atom. The molecule has 0 aliphatic carbocycles. The van der Waals surface area contributed by atoms with Crippen LogP contribution in [0, 0.1) is 5.41 Å². The fraction of sp³-hybridized carbons (Fsp3) is 1.00. The van der Waals surface area contributed by atoms with Crippen LogP contribution in [0.2, 0.25) is 0 Å². The molecule has 96 valence electrons. The smallest absolute Gasteiger partial charge is 0.155 e. The van der Waals surface area contributed by atoms with Crippen LogP contribution in [0.3, 0.4) is 0 Å². The first-order valence-corrected chi connectivity index (χ1v) is 6.79. The van der Waals surface area contributed by atoms with Crippen molar-refractivity contribution >= 4 is 0 Å². The van der Waals surface area contributed by atoms with Gasteiger partial charge in [-0.1, -0.05) is 46.5 Å². The van der Waals surface area contributed by atoms with Crippen LogP contribution in [0.5, 0.6) is 0 Å². The summed E-state index contributed by atoms with van der Waals surface area (Å²) in [5, 5.41) is 0. The maximum Gasteiger partial charge on any atom is 0.155 e. The van der Waals surface area contributed by atoms with Crippen LogP contribution in [0.15, 0.2) is 0 Å². The maximum atomic E-state index is 5.93. The van der Waals surface area contributed by atoms with Gasteiger partial charge in [0.25, 0.3) is 0 Å². The molecule has 0 amide bonds. The first kappa shape index (κ1) is 14.0. The van der Waals surface area contributed by atoms with Gasteiger partial charge >= 0.3 is 0 Å². The van der Waals surface area contributed by atoms with Crippen LogP contribution in [0.4, 0.5) is 0 Å². The minimum atomic E-state index is -0.0424. The lowest BCUT2D eigenvalue weighted by Crippen LogP contribution is -2.50. The molecule has 1 heterocycles. The summed E-state index contributed by atoms with van der Waals surface area (Å²) in [6.45, 7) is 10.9. The number of rotatable bonds is 5. The van der Waals surface area contributed by atoms with E-state index in [0.717, 1.165) is 0 Å². The van der Waals surface area contributed by atoms with Gasteiger partial charge in [0, 0.05) is 5.41 Å². The SMILES string of the molecule is CCCCCC[C@@H]1O[C@H](C)O[C@@H](C)C1(C)C. The van der Waals surface area contributed by atoms with Gasteiger partial charge in [0.15, 0.2) is 6.29 Å². The zero-order valence-corrected chi connectivity index (χ0v) is 11.6. The maximum absolute atomic E-state index is 5.93. The standard InChI is InChI=1S/C14H28O2/c1-6-7-8-9-10-13-14(4,5)11(2)15-12(3)16-13/h11-13H,6-10H2,1-5H3/t11-,12+,13-/m0/s1. The first-order valence-electron chi connectivity index (χ1n) is 6.79. The van der Waals surface area contributed by atoms with Crippen LogP contribution in [0.25, 0.3) is 0 Å². The van der Waals surface area contributed by atoms with Crippen LogP contribution in [0.1, 0.15) is 66.7 Å². The number of hydrogen-bond donors (Lipinski definition) is 0. The van der Waals surface area contributed by atoms with Gasteiger partial charge < -0.3 is 9.47 Å². The topological polar surface area (TPSA) is 18.5 Å². The van der Waals surface area contributed by atoms with E-state index < -0.39 is 0 Å². The summed E-state index contributed by atoms with van der Waals surface area (Å²) < 4.78 is 11.7. The van der Waals surface area contributed by atoms with E-state index in [4.69, 9.17) is 9.47 Å². The molecular formula is C14H28O2. The van der Waals surface area contributed by atoms with E-state index in [1.165, 1.54) is 32.1 Å². The molecule has 1 aliphatic rings. The van der Waals surface area contributed by atoms with E-state index in [0.29, 0.717) is 6.10 Å². The van der Waals surface area contributed by atoms with E-state index in [2.05, 4.69) is 27.7 Å². The summed E-state index contributed by atoms with van der Waals surface area (Å²) in [6.07, 6.45) is 7.01. The molecule has 16 heavy (non-hydrogen) atoms. The first-order chi connectivity index (χ1) is 7.48. The molecule has 1 aliphatic heterocycles. The van der Waals surface area contributed by atoms with Crippen LogP contribution in [-0.2, 0) is 9.47 Å². The highest BCUT2D eigenvalue weighted by Crippen LogP contribution is 2.38. The summed E-state index contributed by atoms with van der Waals surface area (Å²) in [5.41, 5.74) is 0.138. The Kier molecular flexibility index (Phi) is 5.26. The molecule has 2 nitrogen and oxygen atoms in total. The third-order valence-corrected chi connectivity index (χ3v) is 3.95. The molecule has 0 aromatic heterocycles. The molecule has 0 radical (unpaired) electrons. The Bertz CT molecular complexity index is 201. The predicted molar refractivity (Wildman–Crippen MR) is 67.4 cm³/mol. The van der Waals surface area contributed by atoms with Crippen molar-refractivity contribution in [3.63, 3.8) is 0 Å². The zero-order valence-electron chi connectivity index (χ0n) is 11.6. The van der Waals surface area contributed by atoms with E-state index in [1.807, 2.05) is 6.92 Å². The van der Waals surface area contributed by atoms with E-state index in [9.17, 15) is 0 Å². The van der Waals surface area contributed by atoms with Crippen molar-refractivity contribution in [3.05, 3.63) is 0 Å². The predicted octanol–water partition coefficient (Wildman–Crippen LogP) is 4.13. The fourth-order valence-electron chi connectivity index (χ4n) is 2.36. The molecule has 1 rings (SSSR count). The monoisotopic (exact) mass is 228 g/mol. The Hall–Kier alpha value is -0.0800. The van der Waals surface area contributed by atoms with Gasteiger partial charge in [-0.25, -0.2) is 0 Å². The Labute approximate surface area is 101 Å². The molecule has 0 aromatic carbocycles. The number of unbranched alkanes of at least 4 members (excludes halogenated alkanes) is 3. The third kappa shape index (κ3) is 3.46. The second-order valence-corrected chi connectivity index (χ2v) is 5.64. The lowest BCUT2D eigenvalue weighted by atomic mass is 9.78. The van der Waals surface area contributed by atoms with Gasteiger partial charge in [-0.2, -0.15) is 0 Å². The van der Waals surface area contributed by atoms with Crippen molar-refractivity contribution in [1.29, 1.82) is 0 Å². The minimum Gasteiger partial charge on any atom is -0.349 e. The van der Waals surface area contributed by atoms with Crippen molar-refractivity contribution in [1.82, 2.24) is 0 Å². The molecule has 0 bridgehead atoms. The van der Waals surface area contributed by atoms with Gasteiger partial charge in [0.2, 0.25) is 0 Å². The van der Waals surface area contributed by atoms with Gasteiger partial charge in [-0.15, -0.1) is 0 Å². The van der Waals surface area contributed by atoms with Gasteiger partial charge in [-0.05, 0) is 20.3 Å². The van der Waals surface area contributed by atoms with Crippen LogP contribution >= 0.6 is 0 Å². The molecule has 0 aromatic rings. The van der Waals surface area contributed by atoms with Crippen molar-refractivity contribution in [3.8, 4) is 0 Å². The summed E-state index contributed by atoms with van der Waals surface area (Å²) >= 11 is 0. The second-order valence-electron chi connectivity index (χ2n) is 5.64. The summed E-state index contributed by atoms with van der Waals surface area (Å²) in [7, 11) is 0.